The molecule has 2 heteroatoms. The predicted molar refractivity (Wildman–Crippen MR) is 28.1 cm³/mol. The zero-order chi connectivity index (χ0) is 4.99. The molecule has 0 saturated heterocycles. The van der Waals surface area contributed by atoms with Gasteiger partial charge in [0, 0.05) is 19.3 Å². The van der Waals surface area contributed by atoms with E-state index in [0.29, 0.717) is 0 Å². The van der Waals surface area contributed by atoms with E-state index in [1.165, 1.54) is 0 Å². The van der Waals surface area contributed by atoms with E-state index in [4.69, 9.17) is 5.73 Å². The lowest BCUT2D eigenvalue weighted by Gasteiger charge is -1.87. The first-order valence-corrected chi connectivity index (χ1v) is 1.95. The highest BCUT2D eigenvalue weighted by molar-refractivity contribution is 5.62. The lowest BCUT2D eigenvalue weighted by atomic mass is 10.4. The van der Waals surface area contributed by atoms with E-state index in [2.05, 4.69) is 4.99 Å². The fourth-order valence-corrected chi connectivity index (χ4v) is 0.235. The highest BCUT2D eigenvalue weighted by Gasteiger charge is 1.77. The molecule has 0 spiro atoms. The van der Waals surface area contributed by atoms with Crippen molar-refractivity contribution >= 4 is 6.21 Å². The van der Waals surface area contributed by atoms with E-state index in [-0.39, 0.29) is 6.04 Å². The SMILES string of the molecule is CN=CC(C)N. The molecule has 1 atom stereocenters. The Balaban J connectivity index is 3.03. The van der Waals surface area contributed by atoms with Crippen LogP contribution in [0.25, 0.3) is 0 Å². The van der Waals surface area contributed by atoms with Crippen molar-refractivity contribution in [2.75, 3.05) is 7.05 Å². The first kappa shape index (κ1) is 5.63. The van der Waals surface area contributed by atoms with Gasteiger partial charge in [-0.15, -0.1) is 0 Å². The zero-order valence-electron chi connectivity index (χ0n) is 4.18. The Morgan fingerprint density at radius 2 is 2.33 bits per heavy atom. The lowest BCUT2D eigenvalue weighted by molar-refractivity contribution is 0.992. The molecule has 0 aliphatic heterocycles. The molecule has 2 nitrogen and oxygen atoms in total. The zero-order valence-corrected chi connectivity index (χ0v) is 4.18. The first-order valence-electron chi connectivity index (χ1n) is 1.95. The summed E-state index contributed by atoms with van der Waals surface area (Å²) in [6.07, 6.45) is 1.69. The third kappa shape index (κ3) is 3.63. The second kappa shape index (κ2) is 2.85. The van der Waals surface area contributed by atoms with Gasteiger partial charge >= 0.3 is 0 Å². The number of hydrogen-bond acceptors (Lipinski definition) is 2. The van der Waals surface area contributed by atoms with E-state index >= 15 is 0 Å². The summed E-state index contributed by atoms with van der Waals surface area (Å²) < 4.78 is 0. The smallest absolute Gasteiger partial charge is 0.0366 e. The van der Waals surface area contributed by atoms with Crippen molar-refractivity contribution in [3.63, 3.8) is 0 Å². The molecular formula is C4H10N2. The van der Waals surface area contributed by atoms with Gasteiger partial charge in [0.15, 0.2) is 0 Å². The molecule has 36 valence electrons. The Morgan fingerprint density at radius 1 is 1.83 bits per heavy atom. The Morgan fingerprint density at radius 3 is 2.33 bits per heavy atom. The minimum Gasteiger partial charge on any atom is -0.323 e. The molecule has 6 heavy (non-hydrogen) atoms. The van der Waals surface area contributed by atoms with Gasteiger partial charge in [0.2, 0.25) is 0 Å². The van der Waals surface area contributed by atoms with Crippen LogP contribution in [0.2, 0.25) is 0 Å². The van der Waals surface area contributed by atoms with Crippen LogP contribution in [-0.4, -0.2) is 19.3 Å². The van der Waals surface area contributed by atoms with Gasteiger partial charge in [-0.1, -0.05) is 0 Å². The number of nitrogens with two attached hydrogens (primary N) is 1. The molecule has 0 aromatic carbocycles. The molecule has 2 N–H and O–H groups in total. The summed E-state index contributed by atoms with van der Waals surface area (Å²) in [5.41, 5.74) is 5.25. The Kier molecular flexibility index (Phi) is 2.67. The molecule has 0 saturated carbocycles. The summed E-state index contributed by atoms with van der Waals surface area (Å²) in [7, 11) is 1.71. The Hall–Kier alpha value is -0.370. The van der Waals surface area contributed by atoms with Crippen molar-refractivity contribution < 1.29 is 0 Å². The molecule has 0 rings (SSSR count). The van der Waals surface area contributed by atoms with Crippen LogP contribution in [0.1, 0.15) is 6.92 Å². The molecule has 0 heterocycles. The van der Waals surface area contributed by atoms with E-state index in [0.717, 1.165) is 0 Å². The minimum absolute atomic E-state index is 0.106. The van der Waals surface area contributed by atoms with Crippen LogP contribution in [0, 0.1) is 0 Å². The Bertz CT molecular complexity index is 47.5. The van der Waals surface area contributed by atoms with Crippen LogP contribution in [-0.2, 0) is 0 Å². The summed E-state index contributed by atoms with van der Waals surface area (Å²) in [5, 5.41) is 0. The number of aliphatic imine (C=N–C) groups is 1. The van der Waals surface area contributed by atoms with Gasteiger partial charge in [-0.3, -0.25) is 4.99 Å². The largest absolute Gasteiger partial charge is 0.323 e. The monoisotopic (exact) mass is 86.1 g/mol. The van der Waals surface area contributed by atoms with Gasteiger partial charge in [0.1, 0.15) is 0 Å². The average Bonchev–Trinajstić information content (AvgIpc) is 1.35. The van der Waals surface area contributed by atoms with E-state index in [1.807, 2.05) is 6.92 Å². The molecule has 0 fully saturated rings. The summed E-state index contributed by atoms with van der Waals surface area (Å²) in [4.78, 5) is 3.69. The van der Waals surface area contributed by atoms with Gasteiger partial charge in [-0.05, 0) is 6.92 Å². The van der Waals surface area contributed by atoms with Gasteiger partial charge < -0.3 is 5.73 Å². The molecule has 0 radical (unpaired) electrons. The molecular weight excluding hydrogens is 76.1 g/mol. The summed E-state index contributed by atoms with van der Waals surface area (Å²) in [6, 6.07) is 0.106. The second-order valence-electron chi connectivity index (χ2n) is 1.27. The number of rotatable bonds is 1. The molecule has 0 aromatic heterocycles. The van der Waals surface area contributed by atoms with Gasteiger partial charge in [-0.25, -0.2) is 0 Å². The normalized spacial score (nSPS) is 15.8. The van der Waals surface area contributed by atoms with E-state index in [9.17, 15) is 0 Å². The maximum Gasteiger partial charge on any atom is 0.0366 e. The molecule has 0 aliphatic rings. The quantitative estimate of drug-likeness (QED) is 0.449. The molecule has 0 bridgehead atoms. The highest BCUT2D eigenvalue weighted by atomic mass is 14.7. The standard InChI is InChI=1S/C4H10N2/c1-4(5)3-6-2/h3-4H,5H2,1-2H3. The van der Waals surface area contributed by atoms with Crippen molar-refractivity contribution in [3.05, 3.63) is 0 Å². The molecule has 0 aliphatic carbocycles. The second-order valence-corrected chi connectivity index (χ2v) is 1.27. The average molecular weight is 86.1 g/mol. The van der Waals surface area contributed by atoms with E-state index < -0.39 is 0 Å². The van der Waals surface area contributed by atoms with Crippen LogP contribution >= 0.6 is 0 Å². The highest BCUT2D eigenvalue weighted by Crippen LogP contribution is 1.62. The number of nitrogens with zero attached hydrogens (tertiary/aromatic N) is 1. The summed E-state index contributed by atoms with van der Waals surface area (Å²) in [6.45, 7) is 1.88. The van der Waals surface area contributed by atoms with E-state index in [1.54, 1.807) is 13.3 Å². The Labute approximate surface area is 38.1 Å². The summed E-state index contributed by atoms with van der Waals surface area (Å²) in [5.74, 6) is 0. The predicted octanol–water partition coefficient (Wildman–Crippen LogP) is 0.0342. The van der Waals surface area contributed by atoms with Crippen LogP contribution in [0.15, 0.2) is 4.99 Å². The van der Waals surface area contributed by atoms with Gasteiger partial charge in [0.25, 0.3) is 0 Å². The van der Waals surface area contributed by atoms with Crippen molar-refractivity contribution in [2.45, 2.75) is 13.0 Å². The van der Waals surface area contributed by atoms with Crippen LogP contribution in [0.4, 0.5) is 0 Å². The number of hydrogen-bond donors (Lipinski definition) is 1. The first-order chi connectivity index (χ1) is 2.77. The fourth-order valence-electron chi connectivity index (χ4n) is 0.235. The maximum absolute atomic E-state index is 5.25. The van der Waals surface area contributed by atoms with Crippen molar-refractivity contribution in [2.24, 2.45) is 10.7 Å². The van der Waals surface area contributed by atoms with Crippen molar-refractivity contribution in [3.8, 4) is 0 Å². The van der Waals surface area contributed by atoms with Crippen LogP contribution in [0.3, 0.4) is 0 Å². The lowest BCUT2D eigenvalue weighted by Crippen LogP contribution is -2.15. The third-order valence-electron chi connectivity index (χ3n) is 0.384. The molecule has 1 unspecified atom stereocenters. The third-order valence-corrected chi connectivity index (χ3v) is 0.384. The minimum atomic E-state index is 0.106. The topological polar surface area (TPSA) is 38.4 Å². The molecule has 0 aromatic rings. The fraction of sp³-hybridized carbons (Fsp3) is 0.750. The van der Waals surface area contributed by atoms with Crippen LogP contribution in [0.5, 0.6) is 0 Å². The summed E-state index contributed by atoms with van der Waals surface area (Å²) >= 11 is 0. The maximum atomic E-state index is 5.25. The van der Waals surface area contributed by atoms with Crippen molar-refractivity contribution in [1.82, 2.24) is 0 Å². The van der Waals surface area contributed by atoms with Gasteiger partial charge in [-0.2, -0.15) is 0 Å². The van der Waals surface area contributed by atoms with Gasteiger partial charge in [0.05, 0.1) is 0 Å². The molecule has 0 amide bonds. The van der Waals surface area contributed by atoms with Crippen molar-refractivity contribution in [1.29, 1.82) is 0 Å². The van der Waals surface area contributed by atoms with Crippen LogP contribution < -0.4 is 5.73 Å².